The van der Waals surface area contributed by atoms with E-state index in [-0.39, 0.29) is 6.04 Å². The first-order chi connectivity index (χ1) is 7.84. The van der Waals surface area contributed by atoms with Crippen LogP contribution in [0, 0.1) is 0 Å². The molecule has 3 heteroatoms. The highest BCUT2D eigenvalue weighted by atomic mass is 15.3. The highest BCUT2D eigenvalue weighted by Gasteiger charge is 2.22. The maximum absolute atomic E-state index is 4.49. The minimum Gasteiger partial charge on any atom is -0.305 e. The van der Waals surface area contributed by atoms with E-state index in [2.05, 4.69) is 40.7 Å². The van der Waals surface area contributed by atoms with Gasteiger partial charge < -0.3 is 5.32 Å². The summed E-state index contributed by atoms with van der Waals surface area (Å²) in [6.45, 7) is 1.03. The molecule has 1 aromatic heterocycles. The van der Waals surface area contributed by atoms with E-state index < -0.39 is 0 Å². The van der Waals surface area contributed by atoms with Crippen molar-refractivity contribution in [3.05, 3.63) is 53.3 Å². The number of hydrogen-bond acceptors (Lipinski definition) is 2. The zero-order valence-corrected chi connectivity index (χ0v) is 9.35. The van der Waals surface area contributed by atoms with Crippen LogP contribution >= 0.6 is 0 Å². The van der Waals surface area contributed by atoms with Crippen LogP contribution in [0.2, 0.25) is 0 Å². The van der Waals surface area contributed by atoms with Crippen LogP contribution in [0.5, 0.6) is 0 Å². The Bertz CT molecular complexity index is 501. The second kappa shape index (κ2) is 3.76. The lowest BCUT2D eigenvalue weighted by molar-refractivity contribution is 0.548. The van der Waals surface area contributed by atoms with E-state index in [1.807, 2.05) is 17.9 Å². The van der Waals surface area contributed by atoms with E-state index in [4.69, 9.17) is 0 Å². The van der Waals surface area contributed by atoms with Gasteiger partial charge >= 0.3 is 0 Å². The summed E-state index contributed by atoms with van der Waals surface area (Å²) in [5.74, 6) is 0. The average Bonchev–Trinajstić information content (AvgIpc) is 2.75. The van der Waals surface area contributed by atoms with E-state index in [1.165, 1.54) is 11.1 Å². The third-order valence-electron chi connectivity index (χ3n) is 3.14. The molecule has 0 amide bonds. The van der Waals surface area contributed by atoms with Gasteiger partial charge in [-0.3, -0.25) is 4.68 Å². The van der Waals surface area contributed by atoms with Crippen LogP contribution in [0.25, 0.3) is 0 Å². The van der Waals surface area contributed by atoms with Crippen LogP contribution in [-0.2, 0) is 13.5 Å². The van der Waals surface area contributed by atoms with E-state index in [9.17, 15) is 0 Å². The predicted octanol–water partition coefficient (Wildman–Crippen LogP) is 1.66. The molecule has 0 aliphatic carbocycles. The largest absolute Gasteiger partial charge is 0.305 e. The molecule has 0 radical (unpaired) electrons. The summed E-state index contributed by atoms with van der Waals surface area (Å²) in [4.78, 5) is 0. The second-order valence-corrected chi connectivity index (χ2v) is 4.25. The van der Waals surface area contributed by atoms with Gasteiger partial charge in [0.1, 0.15) is 0 Å². The van der Waals surface area contributed by atoms with Crippen molar-refractivity contribution in [1.29, 1.82) is 0 Å². The fraction of sp³-hybridized carbons (Fsp3) is 0.308. The summed E-state index contributed by atoms with van der Waals surface area (Å²) in [6, 6.07) is 11.0. The molecule has 1 aromatic carbocycles. The number of nitrogens with one attached hydrogen (secondary N) is 1. The molecule has 3 nitrogen and oxygen atoms in total. The van der Waals surface area contributed by atoms with Gasteiger partial charge in [0.25, 0.3) is 0 Å². The number of rotatable bonds is 1. The molecule has 0 bridgehead atoms. The van der Waals surface area contributed by atoms with E-state index in [1.54, 1.807) is 0 Å². The fourth-order valence-corrected chi connectivity index (χ4v) is 2.36. The van der Waals surface area contributed by atoms with E-state index >= 15 is 0 Å². The number of benzene rings is 1. The Balaban J connectivity index is 2.04. The molecule has 1 unspecified atom stereocenters. The van der Waals surface area contributed by atoms with Crippen molar-refractivity contribution in [2.45, 2.75) is 12.5 Å². The summed E-state index contributed by atoms with van der Waals surface area (Å²) >= 11 is 0. The standard InChI is InChI=1S/C13H15N3/c1-16-9-7-12(15-16)13-11-5-3-2-4-10(11)6-8-14-13/h2-5,7,9,13-14H,6,8H2,1H3. The molecule has 0 fully saturated rings. The molecule has 1 aliphatic heterocycles. The lowest BCUT2D eigenvalue weighted by atomic mass is 9.93. The third kappa shape index (κ3) is 1.53. The molecule has 2 aromatic rings. The summed E-state index contributed by atoms with van der Waals surface area (Å²) in [6.07, 6.45) is 3.10. The highest BCUT2D eigenvalue weighted by molar-refractivity contribution is 5.37. The Morgan fingerprint density at radius 3 is 3.00 bits per heavy atom. The number of aryl methyl sites for hydroxylation is 1. The second-order valence-electron chi connectivity index (χ2n) is 4.25. The fourth-order valence-electron chi connectivity index (χ4n) is 2.36. The normalized spacial score (nSPS) is 19.4. The first-order valence-corrected chi connectivity index (χ1v) is 5.65. The topological polar surface area (TPSA) is 29.9 Å². The zero-order chi connectivity index (χ0) is 11.0. The van der Waals surface area contributed by atoms with Gasteiger partial charge in [0.2, 0.25) is 0 Å². The van der Waals surface area contributed by atoms with Gasteiger partial charge in [-0.15, -0.1) is 0 Å². The predicted molar refractivity (Wildman–Crippen MR) is 63.2 cm³/mol. The molecule has 0 saturated carbocycles. The molecule has 2 heterocycles. The first-order valence-electron chi connectivity index (χ1n) is 5.65. The first kappa shape index (κ1) is 9.60. The van der Waals surface area contributed by atoms with E-state index in [0.717, 1.165) is 18.7 Å². The molecule has 1 aliphatic rings. The van der Waals surface area contributed by atoms with Crippen LogP contribution in [0.1, 0.15) is 22.9 Å². The SMILES string of the molecule is Cn1ccc(C2NCCc3ccccc32)n1. The molecule has 16 heavy (non-hydrogen) atoms. The molecule has 82 valence electrons. The average molecular weight is 213 g/mol. The lowest BCUT2D eigenvalue weighted by Crippen LogP contribution is -2.30. The van der Waals surface area contributed by atoms with Crippen LogP contribution in [-0.4, -0.2) is 16.3 Å². The smallest absolute Gasteiger partial charge is 0.0839 e. The van der Waals surface area contributed by atoms with Crippen molar-refractivity contribution in [1.82, 2.24) is 15.1 Å². The molecule has 1 N–H and O–H groups in total. The molecule has 0 spiro atoms. The van der Waals surface area contributed by atoms with Crippen LogP contribution < -0.4 is 5.32 Å². The maximum Gasteiger partial charge on any atom is 0.0839 e. The van der Waals surface area contributed by atoms with Gasteiger partial charge in [-0.05, 0) is 23.6 Å². The van der Waals surface area contributed by atoms with Crippen molar-refractivity contribution in [2.24, 2.45) is 7.05 Å². The van der Waals surface area contributed by atoms with Crippen molar-refractivity contribution in [2.75, 3.05) is 6.54 Å². The lowest BCUT2D eigenvalue weighted by Gasteiger charge is -2.25. The minimum atomic E-state index is 0.256. The number of nitrogens with zero attached hydrogens (tertiary/aromatic N) is 2. The molecule has 3 rings (SSSR count). The molecule has 1 atom stereocenters. The zero-order valence-electron chi connectivity index (χ0n) is 9.35. The number of hydrogen-bond donors (Lipinski definition) is 1. The quantitative estimate of drug-likeness (QED) is 0.780. The molecular formula is C13H15N3. The molecular weight excluding hydrogens is 198 g/mol. The Morgan fingerprint density at radius 2 is 2.19 bits per heavy atom. The minimum absolute atomic E-state index is 0.256. The maximum atomic E-state index is 4.49. The number of fused-ring (bicyclic) bond motifs is 1. The molecule has 0 saturated heterocycles. The highest BCUT2D eigenvalue weighted by Crippen LogP contribution is 2.27. The van der Waals surface area contributed by atoms with Crippen LogP contribution in [0.3, 0.4) is 0 Å². The van der Waals surface area contributed by atoms with Crippen molar-refractivity contribution < 1.29 is 0 Å². The van der Waals surface area contributed by atoms with E-state index in [0.29, 0.717) is 0 Å². The van der Waals surface area contributed by atoms with Crippen LogP contribution in [0.4, 0.5) is 0 Å². The van der Waals surface area contributed by atoms with Gasteiger partial charge in [-0.2, -0.15) is 5.10 Å². The number of aromatic nitrogens is 2. The summed E-state index contributed by atoms with van der Waals surface area (Å²) in [5, 5.41) is 8.02. The summed E-state index contributed by atoms with van der Waals surface area (Å²) in [7, 11) is 1.96. The van der Waals surface area contributed by atoms with Gasteiger partial charge in [0, 0.05) is 19.8 Å². The van der Waals surface area contributed by atoms with Crippen molar-refractivity contribution >= 4 is 0 Å². The van der Waals surface area contributed by atoms with Crippen molar-refractivity contribution in [3.63, 3.8) is 0 Å². The monoisotopic (exact) mass is 213 g/mol. The summed E-state index contributed by atoms with van der Waals surface area (Å²) in [5.41, 5.74) is 3.92. The Hall–Kier alpha value is -1.61. The van der Waals surface area contributed by atoms with Gasteiger partial charge in [-0.25, -0.2) is 0 Å². The Kier molecular flexibility index (Phi) is 2.26. The van der Waals surface area contributed by atoms with Gasteiger partial charge in [-0.1, -0.05) is 24.3 Å². The van der Waals surface area contributed by atoms with Crippen LogP contribution in [0.15, 0.2) is 36.5 Å². The Morgan fingerprint density at radius 1 is 1.31 bits per heavy atom. The summed E-state index contributed by atoms with van der Waals surface area (Å²) < 4.78 is 1.86. The Labute approximate surface area is 95.1 Å². The van der Waals surface area contributed by atoms with Crippen molar-refractivity contribution in [3.8, 4) is 0 Å². The van der Waals surface area contributed by atoms with Gasteiger partial charge in [0.05, 0.1) is 11.7 Å². The van der Waals surface area contributed by atoms with Gasteiger partial charge in [0.15, 0.2) is 0 Å². The third-order valence-corrected chi connectivity index (χ3v) is 3.14.